The molecule has 0 unspecified atom stereocenters. The van der Waals surface area contributed by atoms with Crippen LogP contribution in [0.3, 0.4) is 0 Å². The molecule has 9 aromatic rings. The van der Waals surface area contributed by atoms with Crippen molar-refractivity contribution in [1.29, 1.82) is 0 Å². The summed E-state index contributed by atoms with van der Waals surface area (Å²) in [5, 5.41) is 1.38. The molecule has 3 heteroatoms. The van der Waals surface area contributed by atoms with Crippen molar-refractivity contribution in [3.8, 4) is 89.4 Å². The number of ether oxygens (including phenoxy) is 2. The van der Waals surface area contributed by atoms with Gasteiger partial charge in [-0.25, -0.2) is 0 Å². The Kier molecular flexibility index (Phi) is 10.6. The van der Waals surface area contributed by atoms with Crippen molar-refractivity contribution >= 4 is 13.2 Å². The second kappa shape index (κ2) is 16.9. The molecule has 294 valence electrons. The molecular weight excluding hydrogens is 760 g/mol. The van der Waals surface area contributed by atoms with Crippen LogP contribution in [0.2, 0.25) is 0 Å². The normalized spacial score (nSPS) is 12.2. The summed E-state index contributed by atoms with van der Waals surface area (Å²) in [6, 6.07) is 77.1. The van der Waals surface area contributed by atoms with E-state index in [-0.39, 0.29) is 0 Å². The van der Waals surface area contributed by atoms with Gasteiger partial charge < -0.3 is 9.47 Å². The molecule has 0 bridgehead atoms. The first-order valence-corrected chi connectivity index (χ1v) is 22.6. The summed E-state index contributed by atoms with van der Waals surface area (Å²) in [6.45, 7) is 0. The fourth-order valence-electron chi connectivity index (χ4n) is 9.02. The van der Waals surface area contributed by atoms with Gasteiger partial charge in [-0.2, -0.15) is 0 Å². The van der Waals surface area contributed by atoms with E-state index in [9.17, 15) is 0 Å². The second-order valence-corrected chi connectivity index (χ2v) is 17.8. The molecule has 10 rings (SSSR count). The van der Waals surface area contributed by atoms with Crippen LogP contribution < -0.4 is 14.8 Å². The summed E-state index contributed by atoms with van der Waals surface area (Å²) in [4.78, 5) is 0. The molecule has 2 nitrogen and oxygen atoms in total. The zero-order chi connectivity index (χ0) is 41.1. The molecule has 61 heavy (non-hydrogen) atoms. The Bertz CT molecular complexity index is 2660. The Morgan fingerprint density at radius 2 is 0.607 bits per heavy atom. The van der Waals surface area contributed by atoms with Crippen molar-refractivity contribution < 1.29 is 9.47 Å². The first-order chi connectivity index (χ1) is 30.1. The summed E-state index contributed by atoms with van der Waals surface area (Å²) in [5.74, 6) is 1.71. The lowest BCUT2D eigenvalue weighted by Gasteiger charge is -2.22. The first kappa shape index (κ1) is 38.2. The molecule has 0 aliphatic carbocycles. The maximum absolute atomic E-state index is 6.39. The van der Waals surface area contributed by atoms with Crippen LogP contribution in [0.5, 0.6) is 11.5 Å². The summed E-state index contributed by atoms with van der Waals surface area (Å²) in [7, 11) is 2.87. The monoisotopic (exact) mass is 804 g/mol. The summed E-state index contributed by atoms with van der Waals surface area (Å²) in [5.41, 5.74) is 19.1. The lowest BCUT2D eigenvalue weighted by atomic mass is 9.85. The van der Waals surface area contributed by atoms with Gasteiger partial charge in [0.2, 0.25) is 0 Å². The summed E-state index contributed by atoms with van der Waals surface area (Å²) >= 11 is 0. The molecule has 1 aliphatic heterocycles. The molecule has 0 N–H and O–H groups in total. The van der Waals surface area contributed by atoms with E-state index in [4.69, 9.17) is 9.47 Å². The highest BCUT2D eigenvalue weighted by atomic mass is 31.1. The van der Waals surface area contributed by atoms with Gasteiger partial charge >= 0.3 is 0 Å². The number of benzene rings is 9. The largest absolute Gasteiger partial charge is 0.496 e. The Morgan fingerprint density at radius 3 is 0.918 bits per heavy atom. The highest BCUT2D eigenvalue weighted by molar-refractivity contribution is 7.64. The van der Waals surface area contributed by atoms with Gasteiger partial charge in [-0.1, -0.05) is 172 Å². The Hall–Kier alpha value is -6.99. The predicted octanol–water partition coefficient (Wildman–Crippen LogP) is 15.2. The van der Waals surface area contributed by atoms with Crippen molar-refractivity contribution in [3.63, 3.8) is 0 Å². The minimum Gasteiger partial charge on any atom is -0.496 e. The van der Waals surface area contributed by atoms with Gasteiger partial charge in [0.05, 0.1) is 14.2 Å². The lowest BCUT2D eigenvalue weighted by Crippen LogP contribution is -2.04. The third kappa shape index (κ3) is 7.57. The third-order valence-electron chi connectivity index (χ3n) is 12.0. The van der Waals surface area contributed by atoms with Crippen LogP contribution in [0.25, 0.3) is 77.9 Å². The molecule has 1 aliphatic rings. The zero-order valence-electron chi connectivity index (χ0n) is 34.4. The van der Waals surface area contributed by atoms with Gasteiger partial charge in [0.1, 0.15) is 11.5 Å². The Balaban J connectivity index is 1.26. The molecular formula is C58H45O2P. The molecule has 0 saturated heterocycles. The zero-order valence-corrected chi connectivity index (χ0v) is 35.3. The van der Waals surface area contributed by atoms with Crippen LogP contribution in [-0.4, -0.2) is 14.2 Å². The number of rotatable bonds is 9. The lowest BCUT2D eigenvalue weighted by molar-refractivity contribution is 0.410. The van der Waals surface area contributed by atoms with Crippen LogP contribution in [0.4, 0.5) is 0 Å². The third-order valence-corrected chi connectivity index (χ3v) is 14.4. The van der Waals surface area contributed by atoms with Gasteiger partial charge in [-0.3, -0.25) is 0 Å². The highest BCUT2D eigenvalue weighted by Gasteiger charge is 2.32. The van der Waals surface area contributed by atoms with E-state index in [1.807, 2.05) is 0 Å². The highest BCUT2D eigenvalue weighted by Crippen LogP contribution is 2.58. The van der Waals surface area contributed by atoms with E-state index in [0.717, 1.165) is 34.9 Å². The van der Waals surface area contributed by atoms with Gasteiger partial charge in [0, 0.05) is 11.1 Å². The molecule has 0 spiro atoms. The smallest absolute Gasteiger partial charge is 0.127 e. The van der Waals surface area contributed by atoms with Crippen LogP contribution in [0, 0.1) is 0 Å². The van der Waals surface area contributed by atoms with Crippen LogP contribution >= 0.6 is 7.92 Å². The number of methoxy groups -OCH3 is 2. The fraction of sp³-hybridized carbons (Fsp3) is 0.0690. The van der Waals surface area contributed by atoms with Crippen molar-refractivity contribution in [2.45, 2.75) is 12.3 Å². The summed E-state index contributed by atoms with van der Waals surface area (Å²) in [6.07, 6.45) is 1.77. The second-order valence-electron chi connectivity index (χ2n) is 15.6. The molecule has 0 amide bonds. The SMILES string of the molecule is COc1ccc(-c2cc(-c3ccccc3)cc(-c3ccccc3)c2)c2c1-c1c(OC)ccc(-c3cc(-c4ccccc4)cc(-c4ccccc4)c3)c1CP(c1ccccc1)C2. The minimum absolute atomic E-state index is 0.732. The molecule has 0 saturated carbocycles. The number of hydrogen-bond acceptors (Lipinski definition) is 2. The predicted molar refractivity (Wildman–Crippen MR) is 258 cm³/mol. The maximum atomic E-state index is 6.39. The standard InChI is InChI=1S/C58H45O2P/c1-59-55-30-28-51(48-34-44(40-18-8-3-9-19-40)32-45(35-48)41-20-10-4-11-21-41)53-38-61(50-26-16-7-17-27-50)39-54-52(29-31-56(60-2)58(54)57(53)55)49-36-46(42-22-12-5-13-23-42)33-47(37-49)43-24-14-6-15-25-43/h3-37H,38-39H2,1-2H3. The van der Waals surface area contributed by atoms with Crippen LogP contribution in [0.1, 0.15) is 11.1 Å². The van der Waals surface area contributed by atoms with Gasteiger partial charge in [0.25, 0.3) is 0 Å². The van der Waals surface area contributed by atoms with E-state index in [2.05, 4.69) is 212 Å². The molecule has 1 heterocycles. The average Bonchev–Trinajstić information content (AvgIpc) is 3.53. The Labute approximate surface area is 360 Å². The van der Waals surface area contributed by atoms with E-state index in [0.29, 0.717) is 0 Å². The number of hydrogen-bond donors (Lipinski definition) is 0. The van der Waals surface area contributed by atoms with Gasteiger partial charge in [-0.05, 0) is 144 Å². The van der Waals surface area contributed by atoms with E-state index in [1.54, 1.807) is 14.2 Å². The minimum atomic E-state index is -0.732. The van der Waals surface area contributed by atoms with Gasteiger partial charge in [-0.15, -0.1) is 0 Å². The van der Waals surface area contributed by atoms with E-state index in [1.165, 1.54) is 83.2 Å². The summed E-state index contributed by atoms with van der Waals surface area (Å²) < 4.78 is 12.8. The van der Waals surface area contributed by atoms with Crippen molar-refractivity contribution in [2.24, 2.45) is 0 Å². The first-order valence-electron chi connectivity index (χ1n) is 20.9. The van der Waals surface area contributed by atoms with Crippen molar-refractivity contribution in [3.05, 3.63) is 223 Å². The van der Waals surface area contributed by atoms with Crippen molar-refractivity contribution in [2.75, 3.05) is 14.2 Å². The van der Waals surface area contributed by atoms with Gasteiger partial charge in [0.15, 0.2) is 0 Å². The fourth-order valence-corrected chi connectivity index (χ4v) is 11.5. The quantitative estimate of drug-likeness (QED) is 0.135. The maximum Gasteiger partial charge on any atom is 0.127 e. The molecule has 0 fully saturated rings. The average molecular weight is 805 g/mol. The van der Waals surface area contributed by atoms with E-state index >= 15 is 0 Å². The van der Waals surface area contributed by atoms with Crippen LogP contribution in [-0.2, 0) is 12.3 Å². The molecule has 0 atom stereocenters. The van der Waals surface area contributed by atoms with Crippen LogP contribution in [0.15, 0.2) is 212 Å². The molecule has 0 radical (unpaired) electrons. The molecule has 0 aromatic heterocycles. The van der Waals surface area contributed by atoms with E-state index < -0.39 is 7.92 Å². The molecule has 9 aromatic carbocycles. The topological polar surface area (TPSA) is 18.5 Å². The number of fused-ring (bicyclic) bond motifs is 3. The Morgan fingerprint density at radius 1 is 0.311 bits per heavy atom. The van der Waals surface area contributed by atoms with Crippen molar-refractivity contribution in [1.82, 2.24) is 0 Å².